The summed E-state index contributed by atoms with van der Waals surface area (Å²) in [6, 6.07) is 0. The minimum absolute atomic E-state index is 0. The molecule has 0 spiro atoms. The zero-order chi connectivity index (χ0) is 0. The Hall–Kier alpha value is 13.9. The van der Waals surface area contributed by atoms with Gasteiger partial charge in [0, 0.05) is 427 Å². The topological polar surface area (TPSA) is 0 Å². The molecule has 0 aromatic heterocycles. The van der Waals surface area contributed by atoms with Gasteiger partial charge in [0.2, 0.25) is 0 Å². The van der Waals surface area contributed by atoms with Crippen LogP contribution >= 0.6 is 9.90 Å². The van der Waals surface area contributed by atoms with Crippen molar-refractivity contribution in [3.05, 3.63) is 0 Å². The van der Waals surface area contributed by atoms with Crippen LogP contribution in [0.25, 0.3) is 0 Å². The van der Waals surface area contributed by atoms with Crippen LogP contribution in [0.3, 0.4) is 0 Å². The third-order valence-electron chi connectivity index (χ3n) is 0. The molecule has 0 aliphatic carbocycles. The second kappa shape index (κ2) is 247. The van der Waals surface area contributed by atoms with E-state index in [4.69, 9.17) is 0 Å². The van der Waals surface area contributed by atoms with E-state index in [0.717, 1.165) is 0 Å². The van der Waals surface area contributed by atoms with E-state index in [0.29, 0.717) is 0 Å². The minimum atomic E-state index is 0. The summed E-state index contributed by atoms with van der Waals surface area (Å²) in [7, 11) is 0. The number of hydrogen-bond acceptors (Lipinski definition) is 0. The molecule has 0 fully saturated rings. The van der Waals surface area contributed by atoms with E-state index in [-0.39, 0.29) is 437 Å². The van der Waals surface area contributed by atoms with E-state index in [1.165, 1.54) is 0 Å². The van der Waals surface area contributed by atoms with Gasteiger partial charge >= 0.3 is 0 Å². The Labute approximate surface area is 425 Å². The number of hydrogen-bond donors (Lipinski definition) is 0. The van der Waals surface area contributed by atoms with Gasteiger partial charge in [-0.15, -0.1) is 0 Å². The van der Waals surface area contributed by atoms with Crippen molar-refractivity contribution >= 4 is 9.90 Å². The molecule has 24 heavy (non-hydrogen) atoms. The second-order valence-corrected chi connectivity index (χ2v) is 0. The van der Waals surface area contributed by atoms with Gasteiger partial charge in [-0.3, -0.25) is 0 Å². The molecular weight excluding hydrogens is 1200 g/mol. The van der Waals surface area contributed by atoms with Crippen molar-refractivity contribution in [1.29, 1.82) is 0 Å². The maximum atomic E-state index is 0. The van der Waals surface area contributed by atoms with Gasteiger partial charge < -0.3 is 0 Å². The molecule has 0 rings (SSSR count). The zero-order valence-corrected chi connectivity index (χ0v) is 44.5. The van der Waals surface area contributed by atoms with E-state index in [9.17, 15) is 0 Å². The largest absolute Gasteiger partial charge is 0.153 e. The fourth-order valence-electron chi connectivity index (χ4n) is 0. The van der Waals surface area contributed by atoms with Crippen molar-refractivity contribution in [2.24, 2.45) is 0 Å². The summed E-state index contributed by atoms with van der Waals surface area (Å²) < 4.78 is 0. The number of rotatable bonds is 0. The van der Waals surface area contributed by atoms with E-state index in [1.54, 1.807) is 0 Å². The first-order valence-electron chi connectivity index (χ1n) is 0. The minimum Gasteiger partial charge on any atom is -0.153 e. The van der Waals surface area contributed by atoms with Gasteiger partial charge in [-0.05, 0) is 0 Å². The average Bonchev–Trinajstić information content (AvgIpc) is 0. The first-order valence-corrected chi connectivity index (χ1v) is 0. The van der Waals surface area contributed by atoms with Crippen LogP contribution in [0.2, 0.25) is 0 Å². The van der Waals surface area contributed by atoms with Gasteiger partial charge in [0.25, 0.3) is 0 Å². The molecule has 1 atom stereocenters. The van der Waals surface area contributed by atoms with Crippen LogP contribution in [-0.2, 0) is 427 Å². The van der Waals surface area contributed by atoms with Crippen molar-refractivity contribution in [3.63, 3.8) is 0 Å². The molecule has 0 nitrogen and oxygen atoms in total. The van der Waals surface area contributed by atoms with Gasteiger partial charge in [0.05, 0.1) is 0 Å². The van der Waals surface area contributed by atoms with Crippen LogP contribution in [0.5, 0.6) is 0 Å². The Balaban J connectivity index is 0. The fraction of sp³-hybridized carbons (Fsp3) is 0. The molecule has 0 bridgehead atoms. The molecule has 123 valence electrons. The van der Waals surface area contributed by atoms with Crippen LogP contribution < -0.4 is 0 Å². The first-order chi connectivity index (χ1) is 0. The molecule has 0 aliphatic rings. The molecule has 0 N–H and O–H groups in total. The maximum Gasteiger partial charge on any atom is 0 e. The van der Waals surface area contributed by atoms with Crippen molar-refractivity contribution < 1.29 is 427 Å². The summed E-state index contributed by atoms with van der Waals surface area (Å²) >= 11 is 0. The van der Waals surface area contributed by atoms with E-state index in [1.807, 2.05) is 0 Å². The molecule has 0 saturated heterocycles. The third kappa shape index (κ3) is 227. The van der Waals surface area contributed by atoms with Crippen molar-refractivity contribution in [2.45, 2.75) is 0 Å². The zero-order valence-electron chi connectivity index (χ0n) is 11.0. The standard InChI is InChI=1S/H3P.23V/h1H3;;;;;;;;;;;;;;;;;;;;;;;. The monoisotopic (exact) mass is 1210 g/mol. The molecular formula is H3PV23. The van der Waals surface area contributed by atoms with Crippen LogP contribution in [0, 0.1) is 0 Å². The maximum absolute atomic E-state index is 0. The fourth-order valence-corrected chi connectivity index (χ4v) is 0. The predicted molar refractivity (Wildman–Crippen MR) is 11.1 cm³/mol. The molecule has 0 aliphatic heterocycles. The van der Waals surface area contributed by atoms with Crippen LogP contribution in [0.1, 0.15) is 0 Å². The van der Waals surface area contributed by atoms with E-state index in [2.05, 4.69) is 0 Å². The Kier molecular flexibility index (Phi) is 2750. The Morgan fingerprint density at radius 2 is 0.0833 bits per heavy atom. The average molecular weight is 1210 g/mol. The summed E-state index contributed by atoms with van der Waals surface area (Å²) in [5, 5.41) is 0. The summed E-state index contributed by atoms with van der Waals surface area (Å²) in [5.41, 5.74) is 0. The van der Waals surface area contributed by atoms with Gasteiger partial charge in [-0.2, -0.15) is 9.90 Å². The van der Waals surface area contributed by atoms with Crippen molar-refractivity contribution in [3.8, 4) is 0 Å². The molecule has 0 aromatic carbocycles. The summed E-state index contributed by atoms with van der Waals surface area (Å²) in [5.74, 6) is 0. The van der Waals surface area contributed by atoms with E-state index < -0.39 is 0 Å². The van der Waals surface area contributed by atoms with Crippen molar-refractivity contribution in [2.75, 3.05) is 0 Å². The van der Waals surface area contributed by atoms with Gasteiger partial charge in [0.15, 0.2) is 0 Å². The van der Waals surface area contributed by atoms with Gasteiger partial charge in [-0.1, -0.05) is 0 Å². The summed E-state index contributed by atoms with van der Waals surface area (Å²) in [4.78, 5) is 0. The molecule has 23 radical (unpaired) electrons. The molecule has 0 saturated carbocycles. The van der Waals surface area contributed by atoms with Crippen LogP contribution in [-0.4, -0.2) is 0 Å². The molecule has 0 amide bonds. The van der Waals surface area contributed by atoms with Crippen LogP contribution in [0.15, 0.2) is 0 Å². The van der Waals surface area contributed by atoms with Crippen molar-refractivity contribution in [1.82, 2.24) is 0 Å². The Bertz CT molecular complexity index is 6.00. The smallest absolute Gasteiger partial charge is 0 e. The first kappa shape index (κ1) is 268. The second-order valence-electron chi connectivity index (χ2n) is 0. The summed E-state index contributed by atoms with van der Waals surface area (Å²) in [6.07, 6.45) is 0. The normalized spacial score (nSPS) is 0. The molecule has 0 aromatic rings. The molecule has 24 heteroatoms. The van der Waals surface area contributed by atoms with E-state index >= 15 is 0 Å². The Morgan fingerprint density at radius 3 is 0.0833 bits per heavy atom. The predicted octanol–water partition coefficient (Wildman–Crippen LogP) is 0.000600. The van der Waals surface area contributed by atoms with Gasteiger partial charge in [-0.25, -0.2) is 0 Å². The van der Waals surface area contributed by atoms with Gasteiger partial charge in [0.1, 0.15) is 0 Å². The third-order valence-corrected chi connectivity index (χ3v) is 0. The summed E-state index contributed by atoms with van der Waals surface area (Å²) in [6.45, 7) is 0. The molecule has 1 unspecified atom stereocenters. The van der Waals surface area contributed by atoms with Crippen LogP contribution in [0.4, 0.5) is 0 Å². The Morgan fingerprint density at radius 1 is 0.0833 bits per heavy atom. The SMILES string of the molecule is P.[V].[V].[V].[V].[V].[V].[V].[V].[V].[V].[V].[V].[V].[V].[V].[V].[V].[V].[V].[V].[V].[V].[V]. The molecule has 0 heterocycles. The quantitative estimate of drug-likeness (QED) is 0.301.